The molecule has 0 saturated carbocycles. The summed E-state index contributed by atoms with van der Waals surface area (Å²) in [5.41, 5.74) is 4.23. The van der Waals surface area contributed by atoms with E-state index in [-0.39, 0.29) is 0 Å². The molecular weight excluding hydrogens is 220 g/mol. The number of benzene rings is 2. The van der Waals surface area contributed by atoms with Gasteiger partial charge in [0.25, 0.3) is 0 Å². The fourth-order valence-electron chi connectivity index (χ4n) is 2.19. The molecule has 0 unspecified atom stereocenters. The molecule has 0 aromatic heterocycles. The van der Waals surface area contributed by atoms with Crippen LogP contribution in [-0.4, -0.2) is 10.2 Å². The molecule has 2 aromatic carbocycles. The van der Waals surface area contributed by atoms with Crippen LogP contribution in [-0.2, 0) is 0 Å². The maximum Gasteiger partial charge on any atom is 0.0396 e. The second-order valence-electron chi connectivity index (χ2n) is 4.19. The average molecular weight is 238 g/mol. The van der Waals surface area contributed by atoms with Gasteiger partial charge in [0.2, 0.25) is 0 Å². The largest absolute Gasteiger partial charge is 0.0622 e. The van der Waals surface area contributed by atoms with E-state index in [0.717, 1.165) is 16.7 Å². The smallest absolute Gasteiger partial charge is 0.0396 e. The molecule has 0 aliphatic heterocycles. The summed E-state index contributed by atoms with van der Waals surface area (Å²) in [5, 5.41) is 1.51. The minimum atomic E-state index is 1.08. The van der Waals surface area contributed by atoms with Crippen molar-refractivity contribution in [2.45, 2.75) is 13.3 Å². The first-order chi connectivity index (χ1) is 8.33. The lowest BCUT2D eigenvalue weighted by Gasteiger charge is -2.11. The number of hydrogen-bond donors (Lipinski definition) is 0. The van der Waals surface area contributed by atoms with Gasteiger partial charge < -0.3 is 0 Å². The van der Waals surface area contributed by atoms with Crippen LogP contribution in [0.5, 0.6) is 0 Å². The maximum absolute atomic E-state index is 2.24. The van der Waals surface area contributed by atoms with Crippen molar-refractivity contribution in [3.63, 3.8) is 0 Å². The molecule has 1 heteroatoms. The second-order valence-corrected chi connectivity index (χ2v) is 5.19. The minimum Gasteiger partial charge on any atom is -0.0622 e. The molecule has 17 heavy (non-hydrogen) atoms. The van der Waals surface area contributed by atoms with Crippen LogP contribution in [0.25, 0.3) is 10.8 Å². The van der Waals surface area contributed by atoms with Crippen LogP contribution in [0.3, 0.4) is 0 Å². The van der Waals surface area contributed by atoms with E-state index in [0.29, 0.717) is 0 Å². The molecule has 0 radical (unpaired) electrons. The van der Waals surface area contributed by atoms with Crippen molar-refractivity contribution in [1.29, 1.82) is 0 Å². The van der Waals surface area contributed by atoms with Crippen molar-refractivity contribution in [2.75, 3.05) is 0 Å². The fraction of sp³-hybridized carbons (Fsp3) is 0.125. The lowest BCUT2D eigenvalue weighted by atomic mass is 10.0. The molecule has 0 aliphatic rings. The number of hydrogen-bond acceptors (Lipinski definition) is 0. The van der Waals surface area contributed by atoms with Crippen LogP contribution in [0.15, 0.2) is 60.7 Å². The SMILES string of the molecule is CCC(=C([SiH3])c1ccccc1)c1ccccc1. The Morgan fingerprint density at radius 1 is 0.824 bits per heavy atom. The molecule has 0 bridgehead atoms. The summed E-state index contributed by atoms with van der Waals surface area (Å²) in [5.74, 6) is 0. The molecule has 0 atom stereocenters. The summed E-state index contributed by atoms with van der Waals surface area (Å²) in [6.07, 6.45) is 1.09. The molecule has 0 N–H and O–H groups in total. The normalized spacial score (nSPS) is 12.3. The van der Waals surface area contributed by atoms with Crippen LogP contribution in [0, 0.1) is 0 Å². The average Bonchev–Trinajstić information content (AvgIpc) is 2.42. The topological polar surface area (TPSA) is 0 Å². The third-order valence-corrected chi connectivity index (χ3v) is 4.32. The van der Waals surface area contributed by atoms with Gasteiger partial charge in [-0.3, -0.25) is 0 Å². The molecular formula is C16H18Si. The standard InChI is InChI=1S/C16H18Si/c1-2-15(13-9-5-3-6-10-13)16(17)14-11-7-4-8-12-14/h3-12H,2H2,1,17H3. The van der Waals surface area contributed by atoms with Crippen molar-refractivity contribution in [3.05, 3.63) is 71.8 Å². The van der Waals surface area contributed by atoms with E-state index in [2.05, 4.69) is 67.6 Å². The predicted octanol–water partition coefficient (Wildman–Crippen LogP) is 3.33. The first kappa shape index (κ1) is 11.9. The van der Waals surface area contributed by atoms with Crippen LogP contribution in [0.1, 0.15) is 24.5 Å². The summed E-state index contributed by atoms with van der Waals surface area (Å²) in [4.78, 5) is 0. The molecule has 0 nitrogen and oxygen atoms in total. The molecule has 0 spiro atoms. The van der Waals surface area contributed by atoms with E-state index in [1.165, 1.54) is 21.9 Å². The Balaban J connectivity index is 2.48. The van der Waals surface area contributed by atoms with E-state index in [1.807, 2.05) is 0 Å². The van der Waals surface area contributed by atoms with Gasteiger partial charge in [0.15, 0.2) is 0 Å². The highest BCUT2D eigenvalue weighted by atomic mass is 28.1. The summed E-state index contributed by atoms with van der Waals surface area (Å²) in [7, 11) is 1.08. The maximum atomic E-state index is 2.24. The lowest BCUT2D eigenvalue weighted by Crippen LogP contribution is -1.91. The first-order valence-corrected chi connectivity index (χ1v) is 7.13. The first-order valence-electron chi connectivity index (χ1n) is 6.13. The lowest BCUT2D eigenvalue weighted by molar-refractivity contribution is 1.24. The van der Waals surface area contributed by atoms with E-state index in [1.54, 1.807) is 0 Å². The van der Waals surface area contributed by atoms with Gasteiger partial charge in [0.1, 0.15) is 0 Å². The Morgan fingerprint density at radius 3 is 1.76 bits per heavy atom. The molecule has 2 aromatic rings. The summed E-state index contributed by atoms with van der Waals surface area (Å²) >= 11 is 0. The van der Waals surface area contributed by atoms with Crippen molar-refractivity contribution < 1.29 is 0 Å². The second kappa shape index (κ2) is 5.64. The van der Waals surface area contributed by atoms with E-state index < -0.39 is 0 Å². The third-order valence-electron chi connectivity index (χ3n) is 3.14. The summed E-state index contributed by atoms with van der Waals surface area (Å²) in [6.45, 7) is 2.24. The van der Waals surface area contributed by atoms with Gasteiger partial charge in [0.05, 0.1) is 0 Å². The molecule has 0 amide bonds. The molecule has 0 saturated heterocycles. The van der Waals surface area contributed by atoms with E-state index in [9.17, 15) is 0 Å². The van der Waals surface area contributed by atoms with Crippen molar-refractivity contribution in [1.82, 2.24) is 0 Å². The van der Waals surface area contributed by atoms with Gasteiger partial charge in [-0.1, -0.05) is 72.8 Å². The molecule has 0 aliphatic carbocycles. The summed E-state index contributed by atoms with van der Waals surface area (Å²) in [6, 6.07) is 21.5. The van der Waals surface area contributed by atoms with Crippen LogP contribution >= 0.6 is 0 Å². The van der Waals surface area contributed by atoms with Gasteiger partial charge in [-0.05, 0) is 23.1 Å². The van der Waals surface area contributed by atoms with E-state index >= 15 is 0 Å². The van der Waals surface area contributed by atoms with Gasteiger partial charge in [0, 0.05) is 10.2 Å². The zero-order valence-corrected chi connectivity index (χ0v) is 12.5. The Bertz CT molecular complexity index is 498. The Labute approximate surface area is 106 Å². The highest BCUT2D eigenvalue weighted by Crippen LogP contribution is 2.26. The fourth-order valence-corrected chi connectivity index (χ4v) is 3.16. The summed E-state index contributed by atoms with van der Waals surface area (Å²) < 4.78 is 0. The van der Waals surface area contributed by atoms with Crippen LogP contribution in [0.2, 0.25) is 0 Å². The molecule has 86 valence electrons. The van der Waals surface area contributed by atoms with Gasteiger partial charge in [-0.25, -0.2) is 0 Å². The van der Waals surface area contributed by atoms with Gasteiger partial charge in [-0.15, -0.1) is 0 Å². The van der Waals surface area contributed by atoms with Gasteiger partial charge in [-0.2, -0.15) is 0 Å². The zero-order valence-electron chi connectivity index (χ0n) is 10.5. The Kier molecular flexibility index (Phi) is 3.94. The van der Waals surface area contributed by atoms with Crippen molar-refractivity contribution in [3.8, 4) is 0 Å². The van der Waals surface area contributed by atoms with Crippen molar-refractivity contribution in [2.24, 2.45) is 0 Å². The van der Waals surface area contributed by atoms with Gasteiger partial charge >= 0.3 is 0 Å². The minimum absolute atomic E-state index is 1.08. The monoisotopic (exact) mass is 238 g/mol. The van der Waals surface area contributed by atoms with Crippen LogP contribution in [0.4, 0.5) is 0 Å². The third kappa shape index (κ3) is 2.74. The highest BCUT2D eigenvalue weighted by Gasteiger charge is 2.04. The molecule has 0 fully saturated rings. The quantitative estimate of drug-likeness (QED) is 0.568. The van der Waals surface area contributed by atoms with E-state index in [4.69, 9.17) is 0 Å². The molecule has 2 rings (SSSR count). The van der Waals surface area contributed by atoms with Crippen molar-refractivity contribution >= 4 is 21.0 Å². The number of rotatable bonds is 3. The number of allylic oxidation sites excluding steroid dienone is 1. The zero-order chi connectivity index (χ0) is 12.1. The Morgan fingerprint density at radius 2 is 1.29 bits per heavy atom. The molecule has 0 heterocycles. The predicted molar refractivity (Wildman–Crippen MR) is 79.9 cm³/mol. The van der Waals surface area contributed by atoms with Crippen LogP contribution < -0.4 is 0 Å². The Hall–Kier alpha value is -1.60. The highest BCUT2D eigenvalue weighted by molar-refractivity contribution is 6.46.